The highest BCUT2D eigenvalue weighted by Gasteiger charge is 2.18. The predicted octanol–water partition coefficient (Wildman–Crippen LogP) is 2.91. The van der Waals surface area contributed by atoms with E-state index < -0.39 is 6.10 Å². The van der Waals surface area contributed by atoms with Crippen LogP contribution < -0.4 is 5.32 Å². The number of nitrogens with zero attached hydrogens (tertiary/aromatic N) is 1. The predicted molar refractivity (Wildman–Crippen MR) is 95.5 cm³/mol. The van der Waals surface area contributed by atoms with E-state index in [2.05, 4.69) is 15.2 Å². The lowest BCUT2D eigenvalue weighted by Gasteiger charge is -2.22. The van der Waals surface area contributed by atoms with Gasteiger partial charge in [0.1, 0.15) is 0 Å². The Morgan fingerprint density at radius 3 is 2.56 bits per heavy atom. The molecule has 1 N–H and O–H groups in total. The highest BCUT2D eigenvalue weighted by atomic mass is 16.6. The Morgan fingerprint density at radius 2 is 1.92 bits per heavy atom. The minimum atomic E-state index is -0.644. The third-order valence-electron chi connectivity index (χ3n) is 4.41. The Morgan fingerprint density at radius 1 is 1.24 bits per heavy atom. The molecule has 0 bridgehead atoms. The number of esters is 1. The first-order chi connectivity index (χ1) is 12.1. The van der Waals surface area contributed by atoms with E-state index in [-0.39, 0.29) is 11.9 Å². The number of amides is 1. The maximum absolute atomic E-state index is 12.0. The number of hydrogen-bond acceptors (Lipinski definition) is 5. The van der Waals surface area contributed by atoms with E-state index in [0.29, 0.717) is 18.0 Å². The maximum Gasteiger partial charge on any atom is 0.337 e. The van der Waals surface area contributed by atoms with E-state index in [9.17, 15) is 9.59 Å². The monoisotopic (exact) mass is 346 g/mol. The fourth-order valence-electron chi connectivity index (χ4n) is 2.83. The largest absolute Gasteiger partial charge is 0.465 e. The smallest absolute Gasteiger partial charge is 0.337 e. The van der Waals surface area contributed by atoms with E-state index >= 15 is 0 Å². The summed E-state index contributed by atoms with van der Waals surface area (Å²) in [6, 6.07) is 6.75. The fraction of sp³-hybridized carbons (Fsp3) is 0.526. The van der Waals surface area contributed by atoms with E-state index in [1.54, 1.807) is 31.2 Å². The molecule has 6 nitrogen and oxygen atoms in total. The number of nitrogens with one attached hydrogen (secondary N) is 1. The van der Waals surface area contributed by atoms with Crippen molar-refractivity contribution >= 4 is 18.1 Å². The van der Waals surface area contributed by atoms with Crippen LogP contribution in [0.3, 0.4) is 0 Å². The van der Waals surface area contributed by atoms with E-state index in [1.807, 2.05) is 0 Å². The van der Waals surface area contributed by atoms with Gasteiger partial charge in [0, 0.05) is 6.54 Å². The van der Waals surface area contributed by atoms with Gasteiger partial charge in [-0.25, -0.2) is 4.79 Å². The third-order valence-corrected chi connectivity index (χ3v) is 4.41. The Labute approximate surface area is 148 Å². The Hall–Kier alpha value is -2.37. The molecule has 0 spiro atoms. The van der Waals surface area contributed by atoms with Crippen molar-refractivity contribution in [1.82, 2.24) is 5.32 Å². The second-order valence-electron chi connectivity index (χ2n) is 6.34. The molecule has 1 aromatic carbocycles. The zero-order valence-electron chi connectivity index (χ0n) is 14.9. The molecule has 1 fully saturated rings. The molecule has 1 amide bonds. The number of carbonyl (C=O) groups is 2. The van der Waals surface area contributed by atoms with Crippen LogP contribution in [0.2, 0.25) is 0 Å². The van der Waals surface area contributed by atoms with Crippen LogP contribution in [-0.2, 0) is 14.4 Å². The van der Waals surface area contributed by atoms with Crippen LogP contribution in [0.1, 0.15) is 54.9 Å². The standard InChI is InChI=1S/C19H26N2O4/c1-14(18(22)20-12-15-6-4-3-5-7-15)25-21-13-16-8-10-17(11-9-16)19(23)24-2/h8-11,13-15H,3-7,12H2,1-2H3,(H,20,22)/b21-13+. The van der Waals surface area contributed by atoms with Gasteiger partial charge in [-0.05, 0) is 43.4 Å². The van der Waals surface area contributed by atoms with Crippen LogP contribution in [0.25, 0.3) is 0 Å². The molecule has 0 saturated heterocycles. The highest BCUT2D eigenvalue weighted by Crippen LogP contribution is 2.22. The Balaban J connectivity index is 1.74. The van der Waals surface area contributed by atoms with E-state index in [0.717, 1.165) is 5.56 Å². The van der Waals surface area contributed by atoms with E-state index in [1.165, 1.54) is 45.4 Å². The molecule has 2 rings (SSSR count). The molecule has 1 aromatic rings. The summed E-state index contributed by atoms with van der Waals surface area (Å²) < 4.78 is 4.64. The van der Waals surface area contributed by atoms with Crippen LogP contribution in [0.4, 0.5) is 0 Å². The molecule has 6 heteroatoms. The summed E-state index contributed by atoms with van der Waals surface area (Å²) >= 11 is 0. The van der Waals surface area contributed by atoms with Crippen molar-refractivity contribution in [2.75, 3.05) is 13.7 Å². The average molecular weight is 346 g/mol. The SMILES string of the molecule is COC(=O)c1ccc(/C=N/OC(C)C(=O)NCC2CCCCC2)cc1. The molecular weight excluding hydrogens is 320 g/mol. The number of hydrogen-bond donors (Lipinski definition) is 1. The molecule has 0 heterocycles. The van der Waals surface area contributed by atoms with Gasteiger partial charge in [0.2, 0.25) is 6.10 Å². The van der Waals surface area contributed by atoms with Crippen molar-refractivity contribution in [3.8, 4) is 0 Å². The number of oxime groups is 1. The van der Waals surface area contributed by atoms with Crippen LogP contribution >= 0.6 is 0 Å². The van der Waals surface area contributed by atoms with E-state index in [4.69, 9.17) is 4.84 Å². The third kappa shape index (κ3) is 6.21. The first-order valence-corrected chi connectivity index (χ1v) is 8.75. The average Bonchev–Trinajstić information content (AvgIpc) is 2.66. The zero-order chi connectivity index (χ0) is 18.1. The summed E-state index contributed by atoms with van der Waals surface area (Å²) in [6.45, 7) is 2.39. The van der Waals surface area contributed by atoms with Crippen LogP contribution in [0.5, 0.6) is 0 Å². The second-order valence-corrected chi connectivity index (χ2v) is 6.34. The van der Waals surface area contributed by atoms with Gasteiger partial charge in [0.25, 0.3) is 5.91 Å². The molecule has 1 saturated carbocycles. The van der Waals surface area contributed by atoms with Gasteiger partial charge < -0.3 is 14.9 Å². The lowest BCUT2D eigenvalue weighted by Crippen LogP contribution is -2.37. The van der Waals surface area contributed by atoms with Crippen molar-refractivity contribution in [2.45, 2.75) is 45.1 Å². The van der Waals surface area contributed by atoms with Crippen molar-refractivity contribution in [2.24, 2.45) is 11.1 Å². The number of carbonyl (C=O) groups excluding carboxylic acids is 2. The topological polar surface area (TPSA) is 77.0 Å². The zero-order valence-corrected chi connectivity index (χ0v) is 14.9. The fourth-order valence-corrected chi connectivity index (χ4v) is 2.83. The maximum atomic E-state index is 12.0. The van der Waals surface area contributed by atoms with Gasteiger partial charge in [-0.2, -0.15) is 0 Å². The van der Waals surface area contributed by atoms with Crippen LogP contribution in [-0.4, -0.2) is 37.8 Å². The van der Waals surface area contributed by atoms with Gasteiger partial charge in [-0.15, -0.1) is 0 Å². The molecule has 1 aliphatic carbocycles. The first kappa shape index (κ1) is 19.0. The summed E-state index contributed by atoms with van der Waals surface area (Å²) in [4.78, 5) is 28.6. The summed E-state index contributed by atoms with van der Waals surface area (Å²) in [6.07, 6.45) is 7.06. The van der Waals surface area contributed by atoms with Gasteiger partial charge >= 0.3 is 5.97 Å². The van der Waals surface area contributed by atoms with Crippen LogP contribution in [0, 0.1) is 5.92 Å². The first-order valence-electron chi connectivity index (χ1n) is 8.75. The number of ether oxygens (including phenoxy) is 1. The quantitative estimate of drug-likeness (QED) is 0.468. The lowest BCUT2D eigenvalue weighted by molar-refractivity contribution is -0.131. The summed E-state index contributed by atoms with van der Waals surface area (Å²) in [5, 5.41) is 6.79. The molecule has 0 radical (unpaired) electrons. The highest BCUT2D eigenvalue weighted by molar-refractivity contribution is 5.90. The summed E-state index contributed by atoms with van der Waals surface area (Å²) in [5.74, 6) is 0.0495. The lowest BCUT2D eigenvalue weighted by atomic mass is 9.89. The molecular formula is C19H26N2O4. The minimum absolute atomic E-state index is 0.149. The number of benzene rings is 1. The number of rotatable bonds is 7. The Kier molecular flexibility index (Phi) is 7.44. The Bertz CT molecular complexity index is 592. The number of methoxy groups -OCH3 is 1. The van der Waals surface area contributed by atoms with Gasteiger partial charge in [-0.1, -0.05) is 36.6 Å². The normalized spacial score (nSPS) is 16.4. The molecule has 0 aliphatic heterocycles. The minimum Gasteiger partial charge on any atom is -0.465 e. The molecule has 0 aromatic heterocycles. The summed E-state index contributed by atoms with van der Waals surface area (Å²) in [5.41, 5.74) is 1.23. The van der Waals surface area contributed by atoms with Gasteiger partial charge in [0.05, 0.1) is 18.9 Å². The molecule has 1 atom stereocenters. The molecule has 136 valence electrons. The summed E-state index contributed by atoms with van der Waals surface area (Å²) in [7, 11) is 1.34. The van der Waals surface area contributed by atoms with Gasteiger partial charge in [0.15, 0.2) is 0 Å². The van der Waals surface area contributed by atoms with Gasteiger partial charge in [-0.3, -0.25) is 4.79 Å². The molecule has 1 aliphatic rings. The van der Waals surface area contributed by atoms with Crippen molar-refractivity contribution in [3.05, 3.63) is 35.4 Å². The molecule has 1 unspecified atom stereocenters. The molecule has 25 heavy (non-hydrogen) atoms. The second kappa shape index (κ2) is 9.81. The van der Waals surface area contributed by atoms with Crippen molar-refractivity contribution in [3.63, 3.8) is 0 Å². The van der Waals surface area contributed by atoms with Crippen LogP contribution in [0.15, 0.2) is 29.4 Å². The van der Waals surface area contributed by atoms with Crippen molar-refractivity contribution in [1.29, 1.82) is 0 Å². The van der Waals surface area contributed by atoms with Crippen molar-refractivity contribution < 1.29 is 19.2 Å².